The number of carboxylic acid groups (broad SMARTS) is 1. The molecular weight excluding hydrogens is 375 g/mol. The molecule has 2 saturated carbocycles. The minimum absolute atomic E-state index is 0.178. The number of carboxylic acids is 1. The molecule has 0 saturated heterocycles. The fraction of sp³-hybridized carbons (Fsp3) is 0.450. The number of nitrogens with one attached hydrogen (secondary N) is 2. The van der Waals surface area contributed by atoms with Crippen LogP contribution < -0.4 is 5.32 Å². The molecule has 0 radical (unpaired) electrons. The minimum Gasteiger partial charge on any atom is -0.481 e. The number of fused-ring (bicyclic) bond motifs is 2. The second-order valence-corrected chi connectivity index (χ2v) is 7.93. The summed E-state index contributed by atoms with van der Waals surface area (Å²) in [6.07, 6.45) is 7.29. The topological polar surface area (TPSA) is 117 Å². The Morgan fingerprint density at radius 1 is 1.34 bits per heavy atom. The summed E-state index contributed by atoms with van der Waals surface area (Å²) >= 11 is 0. The minimum atomic E-state index is -0.760. The molecule has 8 nitrogen and oxygen atoms in total. The Hall–Kier alpha value is -3.10. The zero-order valence-corrected chi connectivity index (χ0v) is 15.8. The van der Waals surface area contributed by atoms with Crippen LogP contribution in [-0.4, -0.2) is 42.3 Å². The Labute approximate surface area is 166 Å². The first-order chi connectivity index (χ1) is 14.1. The van der Waals surface area contributed by atoms with E-state index < -0.39 is 17.7 Å². The maximum atomic E-state index is 13.6. The highest BCUT2D eigenvalue weighted by molar-refractivity contribution is 5.91. The highest BCUT2D eigenvalue weighted by Crippen LogP contribution is 2.55. The highest BCUT2D eigenvalue weighted by atomic mass is 19.1. The average molecular weight is 396 g/mol. The lowest BCUT2D eigenvalue weighted by atomic mass is 9.71. The van der Waals surface area contributed by atoms with Crippen molar-refractivity contribution in [3.05, 3.63) is 30.5 Å². The lowest BCUT2D eigenvalue weighted by Gasteiger charge is -2.36. The zero-order valence-electron chi connectivity index (χ0n) is 15.8. The van der Waals surface area contributed by atoms with Gasteiger partial charge in [-0.15, -0.1) is 5.10 Å². The number of anilines is 1. The number of rotatable bonds is 5. The third-order valence-electron chi connectivity index (χ3n) is 6.61. The van der Waals surface area contributed by atoms with Gasteiger partial charge in [0.25, 0.3) is 0 Å². The summed E-state index contributed by atoms with van der Waals surface area (Å²) in [5.41, 5.74) is 1.13. The van der Waals surface area contributed by atoms with Gasteiger partial charge in [-0.3, -0.25) is 4.79 Å². The van der Waals surface area contributed by atoms with E-state index in [2.05, 4.69) is 37.4 Å². The number of hydrogen-bond donors (Lipinski definition) is 3. The molecule has 5 unspecified atom stereocenters. The predicted molar refractivity (Wildman–Crippen MR) is 103 cm³/mol. The maximum absolute atomic E-state index is 13.6. The van der Waals surface area contributed by atoms with Gasteiger partial charge in [0.1, 0.15) is 17.3 Å². The van der Waals surface area contributed by atoms with E-state index in [1.165, 1.54) is 12.3 Å². The molecule has 3 heterocycles. The predicted octanol–water partition coefficient (Wildman–Crippen LogP) is 3.10. The molecule has 9 heteroatoms. The molecule has 3 aromatic heterocycles. The quantitative estimate of drug-likeness (QED) is 0.607. The van der Waals surface area contributed by atoms with Crippen molar-refractivity contribution in [2.45, 2.75) is 32.2 Å². The normalized spacial score (nSPS) is 28.1. The molecule has 5 rings (SSSR count). The van der Waals surface area contributed by atoms with E-state index in [1.807, 2.05) is 0 Å². The van der Waals surface area contributed by atoms with Gasteiger partial charge in [0.15, 0.2) is 5.82 Å². The van der Waals surface area contributed by atoms with Gasteiger partial charge in [-0.1, -0.05) is 13.3 Å². The van der Waals surface area contributed by atoms with Crippen LogP contribution in [0.1, 0.15) is 26.2 Å². The van der Waals surface area contributed by atoms with E-state index in [1.54, 1.807) is 6.20 Å². The average Bonchev–Trinajstić information content (AvgIpc) is 3.17. The van der Waals surface area contributed by atoms with Crippen LogP contribution in [0.2, 0.25) is 0 Å². The van der Waals surface area contributed by atoms with Crippen LogP contribution in [0.25, 0.3) is 22.4 Å². The second kappa shape index (κ2) is 6.75. The SMILES string of the molecule is CCC1C2CCC2C(Nc2cnnc(-c3c[nH]c4ncc(F)cc34)n2)C1C(=O)O. The largest absolute Gasteiger partial charge is 0.481 e. The molecule has 0 aliphatic heterocycles. The summed E-state index contributed by atoms with van der Waals surface area (Å²) < 4.78 is 13.6. The number of pyridine rings is 1. The molecule has 0 amide bonds. The fourth-order valence-electron chi connectivity index (χ4n) is 5.24. The van der Waals surface area contributed by atoms with E-state index >= 15 is 0 Å². The Kier molecular flexibility index (Phi) is 4.18. The molecule has 2 aliphatic carbocycles. The maximum Gasteiger partial charge on any atom is 0.308 e. The fourth-order valence-corrected chi connectivity index (χ4v) is 5.24. The summed E-state index contributed by atoms with van der Waals surface area (Å²) in [4.78, 5) is 23.5. The Morgan fingerprint density at radius 3 is 2.90 bits per heavy atom. The van der Waals surface area contributed by atoms with Crippen LogP contribution in [0.15, 0.2) is 24.7 Å². The molecule has 3 N–H and O–H groups in total. The Morgan fingerprint density at radius 2 is 2.17 bits per heavy atom. The molecule has 0 bridgehead atoms. The van der Waals surface area contributed by atoms with Gasteiger partial charge in [-0.25, -0.2) is 14.4 Å². The zero-order chi connectivity index (χ0) is 20.1. The van der Waals surface area contributed by atoms with E-state index in [4.69, 9.17) is 0 Å². The third kappa shape index (κ3) is 2.83. The molecule has 0 spiro atoms. The van der Waals surface area contributed by atoms with Gasteiger partial charge in [-0.2, -0.15) is 5.10 Å². The van der Waals surface area contributed by atoms with Crippen LogP contribution in [0.4, 0.5) is 10.2 Å². The van der Waals surface area contributed by atoms with Crippen LogP contribution >= 0.6 is 0 Å². The van der Waals surface area contributed by atoms with Gasteiger partial charge >= 0.3 is 5.97 Å². The monoisotopic (exact) mass is 396 g/mol. The number of aliphatic carboxylic acids is 1. The van der Waals surface area contributed by atoms with Crippen molar-refractivity contribution in [1.82, 2.24) is 25.1 Å². The number of halogens is 1. The third-order valence-corrected chi connectivity index (χ3v) is 6.61. The number of H-pyrrole nitrogens is 1. The van der Waals surface area contributed by atoms with Crippen LogP contribution in [0, 0.1) is 29.5 Å². The first-order valence-corrected chi connectivity index (χ1v) is 9.89. The van der Waals surface area contributed by atoms with Crippen molar-refractivity contribution in [3.8, 4) is 11.4 Å². The van der Waals surface area contributed by atoms with Gasteiger partial charge in [0.05, 0.1) is 18.3 Å². The van der Waals surface area contributed by atoms with Crippen LogP contribution in [0.3, 0.4) is 0 Å². The second-order valence-electron chi connectivity index (χ2n) is 7.93. The van der Waals surface area contributed by atoms with E-state index in [0.717, 1.165) is 25.5 Å². The van der Waals surface area contributed by atoms with E-state index in [9.17, 15) is 14.3 Å². The van der Waals surface area contributed by atoms with Crippen molar-refractivity contribution in [3.63, 3.8) is 0 Å². The van der Waals surface area contributed by atoms with Crippen molar-refractivity contribution in [2.24, 2.45) is 23.7 Å². The molecule has 150 valence electrons. The summed E-state index contributed by atoms with van der Waals surface area (Å²) in [7, 11) is 0. The standard InChI is InChI=1S/C20H21FN6O2/c1-2-10-11-3-4-12(11)17(16(10)20(28)29)25-15-8-24-27-19(26-15)14-7-23-18-13(14)5-9(21)6-22-18/h5-8,10-12,16-17H,2-4H2,1H3,(H,22,23)(H,28,29)(H,25,26,27). The van der Waals surface area contributed by atoms with Crippen LogP contribution in [-0.2, 0) is 4.79 Å². The van der Waals surface area contributed by atoms with Gasteiger partial charge < -0.3 is 15.4 Å². The lowest BCUT2D eigenvalue weighted by Crippen LogP contribution is -2.38. The van der Waals surface area contributed by atoms with E-state index in [0.29, 0.717) is 40.1 Å². The Balaban J connectivity index is 1.47. The van der Waals surface area contributed by atoms with Crippen molar-refractivity contribution >= 4 is 22.8 Å². The molecule has 3 aromatic rings. The van der Waals surface area contributed by atoms with Crippen molar-refractivity contribution in [1.29, 1.82) is 0 Å². The number of aromatic amines is 1. The van der Waals surface area contributed by atoms with E-state index in [-0.39, 0.29) is 12.0 Å². The van der Waals surface area contributed by atoms with Gasteiger partial charge in [-0.05, 0) is 36.7 Å². The number of nitrogens with zero attached hydrogens (tertiary/aromatic N) is 4. The number of aromatic nitrogens is 5. The summed E-state index contributed by atoms with van der Waals surface area (Å²) in [5, 5.41) is 21.9. The Bertz CT molecular complexity index is 1090. The summed E-state index contributed by atoms with van der Waals surface area (Å²) in [6, 6.07) is 1.20. The molecule has 29 heavy (non-hydrogen) atoms. The molecule has 2 fully saturated rings. The first-order valence-electron chi connectivity index (χ1n) is 9.89. The lowest BCUT2D eigenvalue weighted by molar-refractivity contribution is -0.143. The highest BCUT2D eigenvalue weighted by Gasteiger charge is 2.56. The molecule has 0 aromatic carbocycles. The molecule has 5 atom stereocenters. The van der Waals surface area contributed by atoms with Gasteiger partial charge in [0, 0.05) is 23.2 Å². The number of carbonyl (C=O) groups is 1. The van der Waals surface area contributed by atoms with Crippen molar-refractivity contribution in [2.75, 3.05) is 5.32 Å². The smallest absolute Gasteiger partial charge is 0.308 e. The molecule has 2 aliphatic rings. The summed E-state index contributed by atoms with van der Waals surface area (Å²) in [5.74, 6) is 0.133. The van der Waals surface area contributed by atoms with Crippen LogP contribution in [0.5, 0.6) is 0 Å². The van der Waals surface area contributed by atoms with Crippen molar-refractivity contribution < 1.29 is 14.3 Å². The number of hydrogen-bond acceptors (Lipinski definition) is 6. The summed E-state index contributed by atoms with van der Waals surface area (Å²) in [6.45, 7) is 2.06. The van der Waals surface area contributed by atoms with Gasteiger partial charge in [0.2, 0.25) is 0 Å². The molecular formula is C20H21FN6O2. The first kappa shape index (κ1) is 18.0.